The molecule has 0 atom stereocenters. The number of nitrogens with one attached hydrogen (secondary N) is 2. The number of pyridine rings is 1. The van der Waals surface area contributed by atoms with Crippen molar-refractivity contribution in [2.45, 2.75) is 13.3 Å². The molecule has 0 spiro atoms. The number of hydrogen-bond acceptors (Lipinski definition) is 6. The fourth-order valence-electron chi connectivity index (χ4n) is 2.28. The summed E-state index contributed by atoms with van der Waals surface area (Å²) in [7, 11) is -3.37. The van der Waals surface area contributed by atoms with Gasteiger partial charge in [-0.3, -0.25) is 9.71 Å². The number of hydrogen-bond donors (Lipinski definition) is 2. The van der Waals surface area contributed by atoms with Crippen molar-refractivity contribution in [2.75, 3.05) is 15.8 Å². The minimum Gasteiger partial charge on any atom is -0.337 e. The summed E-state index contributed by atoms with van der Waals surface area (Å²) < 4.78 is 25.8. The minimum absolute atomic E-state index is 0.0519. The molecule has 0 aliphatic rings. The lowest BCUT2D eigenvalue weighted by Crippen LogP contribution is -2.17. The Labute approximate surface area is 140 Å². The van der Waals surface area contributed by atoms with Crippen LogP contribution in [0.15, 0.2) is 48.7 Å². The van der Waals surface area contributed by atoms with E-state index < -0.39 is 10.0 Å². The molecule has 2 heterocycles. The molecule has 0 bridgehead atoms. The molecule has 0 saturated carbocycles. The van der Waals surface area contributed by atoms with Gasteiger partial charge in [0.2, 0.25) is 10.0 Å². The van der Waals surface area contributed by atoms with Crippen LogP contribution in [0.4, 0.5) is 17.3 Å². The third-order valence-electron chi connectivity index (χ3n) is 3.29. The van der Waals surface area contributed by atoms with Gasteiger partial charge in [-0.1, -0.05) is 25.1 Å². The van der Waals surface area contributed by atoms with Crippen LogP contribution in [0, 0.1) is 0 Å². The molecule has 124 valence electrons. The van der Waals surface area contributed by atoms with E-state index in [1.165, 1.54) is 0 Å². The van der Waals surface area contributed by atoms with Crippen LogP contribution in [0.5, 0.6) is 0 Å². The second-order valence-corrected chi connectivity index (χ2v) is 7.07. The van der Waals surface area contributed by atoms with E-state index in [1.807, 2.05) is 30.3 Å². The molecule has 0 aliphatic carbocycles. The Hall–Kier alpha value is -2.74. The molecule has 0 unspecified atom stereocenters. The molecule has 3 rings (SSSR count). The Bertz CT molecular complexity index is 937. The zero-order valence-corrected chi connectivity index (χ0v) is 13.9. The topological polar surface area (TPSA) is 96.9 Å². The normalized spacial score (nSPS) is 11.4. The van der Waals surface area contributed by atoms with E-state index in [2.05, 4.69) is 25.2 Å². The first-order chi connectivity index (χ1) is 11.6. The Balaban J connectivity index is 1.79. The van der Waals surface area contributed by atoms with E-state index in [9.17, 15) is 8.42 Å². The number of nitrogens with zero attached hydrogens (tertiary/aromatic N) is 3. The van der Waals surface area contributed by atoms with E-state index >= 15 is 0 Å². The van der Waals surface area contributed by atoms with Gasteiger partial charge in [-0.2, -0.15) is 0 Å². The molecule has 8 heteroatoms. The van der Waals surface area contributed by atoms with Gasteiger partial charge in [0.15, 0.2) is 11.6 Å². The van der Waals surface area contributed by atoms with Crippen LogP contribution in [0.3, 0.4) is 0 Å². The predicted molar refractivity (Wildman–Crippen MR) is 94.8 cm³/mol. The van der Waals surface area contributed by atoms with Crippen molar-refractivity contribution in [1.29, 1.82) is 0 Å². The second-order valence-electron chi connectivity index (χ2n) is 5.23. The van der Waals surface area contributed by atoms with Crippen molar-refractivity contribution in [3.05, 3.63) is 48.7 Å². The van der Waals surface area contributed by atoms with Crippen molar-refractivity contribution < 1.29 is 8.42 Å². The monoisotopic (exact) mass is 343 g/mol. The average molecular weight is 343 g/mol. The number of sulfonamides is 1. The van der Waals surface area contributed by atoms with Gasteiger partial charge in [0.05, 0.1) is 17.0 Å². The summed E-state index contributed by atoms with van der Waals surface area (Å²) in [5.74, 6) is 0.757. The first kappa shape index (κ1) is 16.1. The molecule has 0 fully saturated rings. The van der Waals surface area contributed by atoms with Gasteiger partial charge in [0.25, 0.3) is 0 Å². The van der Waals surface area contributed by atoms with Crippen molar-refractivity contribution >= 4 is 38.2 Å². The van der Waals surface area contributed by atoms with Gasteiger partial charge in [-0.25, -0.2) is 8.42 Å². The van der Waals surface area contributed by atoms with E-state index in [-0.39, 0.29) is 11.6 Å². The third kappa shape index (κ3) is 3.77. The summed E-state index contributed by atoms with van der Waals surface area (Å²) in [6.07, 6.45) is 2.27. The molecule has 0 amide bonds. The lowest BCUT2D eigenvalue weighted by molar-refractivity contribution is 0.599. The third-order valence-corrected chi connectivity index (χ3v) is 4.76. The Morgan fingerprint density at radius 1 is 1.00 bits per heavy atom. The van der Waals surface area contributed by atoms with Crippen molar-refractivity contribution in [3.8, 4) is 0 Å². The first-order valence-corrected chi connectivity index (χ1v) is 9.17. The van der Waals surface area contributed by atoms with Crippen LogP contribution in [0.2, 0.25) is 0 Å². The van der Waals surface area contributed by atoms with E-state index in [0.717, 1.165) is 16.6 Å². The molecule has 3 aromatic rings. The summed E-state index contributed by atoms with van der Waals surface area (Å²) >= 11 is 0. The lowest BCUT2D eigenvalue weighted by atomic mass is 10.2. The number of benzene rings is 1. The van der Waals surface area contributed by atoms with Crippen LogP contribution in [-0.4, -0.2) is 29.4 Å². The maximum absolute atomic E-state index is 11.7. The van der Waals surface area contributed by atoms with Gasteiger partial charge < -0.3 is 5.32 Å². The zero-order valence-electron chi connectivity index (χ0n) is 13.1. The molecule has 2 aromatic heterocycles. The van der Waals surface area contributed by atoms with Crippen LogP contribution in [0.25, 0.3) is 10.9 Å². The van der Waals surface area contributed by atoms with Crippen LogP contribution < -0.4 is 10.0 Å². The lowest BCUT2D eigenvalue weighted by Gasteiger charge is -2.09. The highest BCUT2D eigenvalue weighted by Crippen LogP contribution is 2.23. The fourth-order valence-corrected chi connectivity index (χ4v) is 3.34. The molecular weight excluding hydrogens is 326 g/mol. The van der Waals surface area contributed by atoms with Crippen molar-refractivity contribution in [3.63, 3.8) is 0 Å². The van der Waals surface area contributed by atoms with Crippen molar-refractivity contribution in [1.82, 2.24) is 15.2 Å². The van der Waals surface area contributed by atoms with Crippen LogP contribution in [-0.2, 0) is 10.0 Å². The number of para-hydroxylation sites is 1. The SMILES string of the molecule is CCCS(=O)(=O)Nc1ccc(Nc2cccc3cccnc23)nn1. The van der Waals surface area contributed by atoms with Crippen molar-refractivity contribution in [2.24, 2.45) is 0 Å². The maximum Gasteiger partial charge on any atom is 0.233 e. The van der Waals surface area contributed by atoms with Gasteiger partial charge in [0, 0.05) is 11.6 Å². The van der Waals surface area contributed by atoms with E-state index in [4.69, 9.17) is 0 Å². The Kier molecular flexibility index (Phi) is 4.57. The number of anilines is 3. The highest BCUT2D eigenvalue weighted by Gasteiger charge is 2.10. The van der Waals surface area contributed by atoms with E-state index in [1.54, 1.807) is 25.3 Å². The first-order valence-electron chi connectivity index (χ1n) is 7.52. The molecule has 24 heavy (non-hydrogen) atoms. The zero-order chi connectivity index (χ0) is 17.0. The number of fused-ring (bicyclic) bond motifs is 1. The van der Waals surface area contributed by atoms with Gasteiger partial charge in [0.1, 0.15) is 0 Å². The fraction of sp³-hybridized carbons (Fsp3) is 0.188. The molecule has 1 aromatic carbocycles. The quantitative estimate of drug-likeness (QED) is 0.714. The molecule has 2 N–H and O–H groups in total. The number of aromatic nitrogens is 3. The molecule has 0 saturated heterocycles. The minimum atomic E-state index is -3.37. The predicted octanol–water partition coefficient (Wildman–Crippen LogP) is 2.92. The Morgan fingerprint density at radius 2 is 1.75 bits per heavy atom. The second kappa shape index (κ2) is 6.79. The standard InChI is InChI=1S/C16H17N5O2S/c1-2-11-24(22,23)21-15-9-8-14(19-20-15)18-13-7-3-5-12-6-4-10-17-16(12)13/h3-10H,2,11H2,1H3,(H,18,19)(H,20,21). The summed E-state index contributed by atoms with van der Waals surface area (Å²) in [6.45, 7) is 1.80. The van der Waals surface area contributed by atoms with E-state index in [0.29, 0.717) is 12.2 Å². The summed E-state index contributed by atoms with van der Waals surface area (Å²) in [4.78, 5) is 4.36. The summed E-state index contributed by atoms with van der Waals surface area (Å²) in [6, 6.07) is 12.9. The average Bonchev–Trinajstić information content (AvgIpc) is 2.57. The maximum atomic E-state index is 11.7. The van der Waals surface area contributed by atoms with Gasteiger partial charge in [-0.15, -0.1) is 10.2 Å². The summed E-state index contributed by atoms with van der Waals surface area (Å²) in [5, 5.41) is 12.1. The smallest absolute Gasteiger partial charge is 0.233 e. The molecular formula is C16H17N5O2S. The van der Waals surface area contributed by atoms with Gasteiger partial charge in [-0.05, 0) is 30.7 Å². The highest BCUT2D eigenvalue weighted by molar-refractivity contribution is 7.92. The largest absolute Gasteiger partial charge is 0.337 e. The highest BCUT2D eigenvalue weighted by atomic mass is 32.2. The molecule has 0 radical (unpaired) electrons. The number of rotatable bonds is 6. The van der Waals surface area contributed by atoms with Gasteiger partial charge >= 0.3 is 0 Å². The summed E-state index contributed by atoms with van der Waals surface area (Å²) in [5.41, 5.74) is 1.64. The van der Waals surface area contributed by atoms with Crippen LogP contribution >= 0.6 is 0 Å². The molecule has 0 aliphatic heterocycles. The molecule has 7 nitrogen and oxygen atoms in total. The van der Waals surface area contributed by atoms with Crippen LogP contribution in [0.1, 0.15) is 13.3 Å². The Morgan fingerprint density at radius 3 is 2.50 bits per heavy atom.